The summed E-state index contributed by atoms with van der Waals surface area (Å²) >= 11 is 0. The van der Waals surface area contributed by atoms with Crippen molar-refractivity contribution >= 4 is 29.1 Å². The average molecular weight is 445 g/mol. The first-order valence-corrected chi connectivity index (χ1v) is 10.6. The second-order valence-electron chi connectivity index (χ2n) is 7.93. The van der Waals surface area contributed by atoms with Crippen molar-refractivity contribution in [3.63, 3.8) is 0 Å². The lowest BCUT2D eigenvalue weighted by atomic mass is 10.2. The number of hydrogen-bond acceptors (Lipinski definition) is 9. The number of carbonyl (C=O) groups is 2. The highest BCUT2D eigenvalue weighted by molar-refractivity contribution is 6.00. The molecule has 1 fully saturated rings. The predicted octanol–water partition coefficient (Wildman–Crippen LogP) is 2.60. The normalized spacial score (nSPS) is 12.8. The Hall–Kier alpha value is -4.33. The third-order valence-corrected chi connectivity index (χ3v) is 4.83. The molecule has 1 saturated carbocycles. The number of nitrogens with zero attached hydrogens (tertiary/aromatic N) is 6. The quantitative estimate of drug-likeness (QED) is 0.444. The highest BCUT2D eigenvalue weighted by Crippen LogP contribution is 2.31. The lowest BCUT2D eigenvalue weighted by molar-refractivity contribution is 0.0869. The molecule has 1 aliphatic rings. The van der Waals surface area contributed by atoms with Gasteiger partial charge in [-0.05, 0) is 32.8 Å². The molecule has 3 aromatic heterocycles. The van der Waals surface area contributed by atoms with E-state index in [2.05, 4.69) is 36.0 Å². The topological polar surface area (TPSA) is 151 Å². The molecule has 0 saturated heterocycles. The minimum absolute atomic E-state index is 0.0104. The van der Waals surface area contributed by atoms with Crippen LogP contribution < -0.4 is 16.0 Å². The number of rotatable bonds is 8. The summed E-state index contributed by atoms with van der Waals surface area (Å²) in [5.74, 6) is 1.05. The van der Waals surface area contributed by atoms with Crippen molar-refractivity contribution in [2.45, 2.75) is 32.7 Å². The maximum absolute atomic E-state index is 12.4. The molecule has 0 aromatic carbocycles. The molecule has 3 N–H and O–H groups in total. The van der Waals surface area contributed by atoms with Gasteiger partial charge in [-0.25, -0.2) is 19.6 Å². The first-order chi connectivity index (χ1) is 15.9. The van der Waals surface area contributed by atoms with Gasteiger partial charge in [0.05, 0.1) is 29.1 Å². The van der Waals surface area contributed by atoms with Crippen LogP contribution in [0.5, 0.6) is 0 Å². The van der Waals surface area contributed by atoms with E-state index in [1.165, 1.54) is 10.9 Å². The van der Waals surface area contributed by atoms with E-state index in [9.17, 15) is 9.59 Å². The first kappa shape index (κ1) is 21.9. The van der Waals surface area contributed by atoms with E-state index in [1.54, 1.807) is 30.7 Å². The van der Waals surface area contributed by atoms with Crippen molar-refractivity contribution < 1.29 is 9.59 Å². The van der Waals surface area contributed by atoms with Crippen molar-refractivity contribution in [3.8, 4) is 17.5 Å². The highest BCUT2D eigenvalue weighted by Gasteiger charge is 2.31. The van der Waals surface area contributed by atoms with Gasteiger partial charge >= 0.3 is 0 Å². The molecule has 0 radical (unpaired) electrons. The number of aromatic nitrogens is 5. The van der Waals surface area contributed by atoms with Gasteiger partial charge in [0, 0.05) is 36.6 Å². The monoisotopic (exact) mass is 445 g/mol. The van der Waals surface area contributed by atoms with Crippen LogP contribution in [0.3, 0.4) is 0 Å². The summed E-state index contributed by atoms with van der Waals surface area (Å²) in [5, 5.41) is 21.7. The van der Waals surface area contributed by atoms with Gasteiger partial charge in [-0.3, -0.25) is 9.59 Å². The molecule has 0 aliphatic heterocycles. The van der Waals surface area contributed by atoms with Gasteiger partial charge in [0.25, 0.3) is 5.91 Å². The Balaban J connectivity index is 1.54. The summed E-state index contributed by atoms with van der Waals surface area (Å²) < 4.78 is 1.35. The van der Waals surface area contributed by atoms with E-state index in [-0.39, 0.29) is 30.3 Å². The van der Waals surface area contributed by atoms with E-state index < -0.39 is 0 Å². The molecule has 11 heteroatoms. The van der Waals surface area contributed by atoms with Crippen LogP contribution >= 0.6 is 0 Å². The Morgan fingerprint density at radius 2 is 2.06 bits per heavy atom. The molecule has 1 aliphatic carbocycles. The number of hydrogen-bond donors (Lipinski definition) is 3. The summed E-state index contributed by atoms with van der Waals surface area (Å²) in [6.45, 7) is 3.82. The van der Waals surface area contributed by atoms with E-state index >= 15 is 0 Å². The predicted molar refractivity (Wildman–Crippen MR) is 121 cm³/mol. The second-order valence-corrected chi connectivity index (χ2v) is 7.93. The van der Waals surface area contributed by atoms with Crippen LogP contribution in [0.2, 0.25) is 0 Å². The van der Waals surface area contributed by atoms with Crippen LogP contribution in [0, 0.1) is 17.2 Å². The standard InChI is InChI=1S/C22H23N9O2/c1-13(2)28-17-9-19(26-11-16(17)21(32)25-8-6-23)29-18-5-7-24-20(30-18)15-10-27-31(12-15)22(33)14-3-4-14/h5,7,9-14H,3-4,8H2,1-2H3,(H,25,32)(H2,24,26,28,29,30). The van der Waals surface area contributed by atoms with E-state index in [4.69, 9.17) is 5.26 Å². The van der Waals surface area contributed by atoms with Crippen molar-refractivity contribution in [2.24, 2.45) is 5.92 Å². The lowest BCUT2D eigenvalue weighted by Crippen LogP contribution is -2.25. The molecule has 4 rings (SSSR count). The fourth-order valence-corrected chi connectivity index (χ4v) is 3.12. The Morgan fingerprint density at radius 3 is 2.79 bits per heavy atom. The first-order valence-electron chi connectivity index (χ1n) is 10.6. The fourth-order valence-electron chi connectivity index (χ4n) is 3.12. The van der Waals surface area contributed by atoms with Gasteiger partial charge in [0.1, 0.15) is 18.2 Å². The van der Waals surface area contributed by atoms with Crippen molar-refractivity contribution in [1.82, 2.24) is 30.0 Å². The molecular weight excluding hydrogens is 422 g/mol. The molecule has 0 atom stereocenters. The molecule has 1 amide bonds. The zero-order valence-electron chi connectivity index (χ0n) is 18.2. The molecule has 3 heterocycles. The van der Waals surface area contributed by atoms with Crippen LogP contribution in [0.25, 0.3) is 11.4 Å². The van der Waals surface area contributed by atoms with Crippen molar-refractivity contribution in [3.05, 3.63) is 42.5 Å². The summed E-state index contributed by atoms with van der Waals surface area (Å²) in [6, 6.07) is 5.35. The summed E-state index contributed by atoms with van der Waals surface area (Å²) in [4.78, 5) is 37.6. The smallest absolute Gasteiger partial charge is 0.255 e. The largest absolute Gasteiger partial charge is 0.382 e. The number of nitrogens with one attached hydrogen (secondary N) is 3. The number of nitriles is 1. The summed E-state index contributed by atoms with van der Waals surface area (Å²) in [6.07, 6.45) is 8.05. The molecular formula is C22H23N9O2. The molecule has 0 bridgehead atoms. The lowest BCUT2D eigenvalue weighted by Gasteiger charge is -2.15. The van der Waals surface area contributed by atoms with Crippen LogP contribution in [0.15, 0.2) is 36.9 Å². The fraction of sp³-hybridized carbons (Fsp3) is 0.318. The maximum atomic E-state index is 12.4. The summed E-state index contributed by atoms with van der Waals surface area (Å²) in [7, 11) is 0. The summed E-state index contributed by atoms with van der Waals surface area (Å²) in [5.41, 5.74) is 1.54. The van der Waals surface area contributed by atoms with Gasteiger partial charge in [0.2, 0.25) is 5.91 Å². The van der Waals surface area contributed by atoms with Crippen LogP contribution in [0.4, 0.5) is 17.3 Å². The van der Waals surface area contributed by atoms with Gasteiger partial charge in [-0.15, -0.1) is 0 Å². The zero-order chi connectivity index (χ0) is 23.4. The van der Waals surface area contributed by atoms with Crippen molar-refractivity contribution in [1.29, 1.82) is 5.26 Å². The number of anilines is 3. The third-order valence-electron chi connectivity index (χ3n) is 4.83. The van der Waals surface area contributed by atoms with Crippen LogP contribution in [-0.4, -0.2) is 49.1 Å². The molecule has 11 nitrogen and oxygen atoms in total. The van der Waals surface area contributed by atoms with Gasteiger partial charge in [0.15, 0.2) is 5.82 Å². The molecule has 168 valence electrons. The second kappa shape index (κ2) is 9.44. The Morgan fingerprint density at radius 1 is 1.24 bits per heavy atom. The zero-order valence-corrected chi connectivity index (χ0v) is 18.2. The Kier molecular flexibility index (Phi) is 6.26. The number of pyridine rings is 1. The molecule has 33 heavy (non-hydrogen) atoms. The van der Waals surface area contributed by atoms with Gasteiger partial charge in [-0.1, -0.05) is 0 Å². The number of amides is 1. The average Bonchev–Trinajstić information content (AvgIpc) is 3.53. The minimum Gasteiger partial charge on any atom is -0.382 e. The highest BCUT2D eigenvalue weighted by atomic mass is 16.2. The molecule has 3 aromatic rings. The van der Waals surface area contributed by atoms with E-state index in [1.807, 2.05) is 19.9 Å². The number of carbonyl (C=O) groups excluding carboxylic acids is 2. The van der Waals surface area contributed by atoms with Crippen molar-refractivity contribution in [2.75, 3.05) is 17.2 Å². The molecule has 0 unspecified atom stereocenters. The van der Waals surface area contributed by atoms with Gasteiger partial charge < -0.3 is 16.0 Å². The molecule has 0 spiro atoms. The van der Waals surface area contributed by atoms with E-state index in [0.717, 1.165) is 12.8 Å². The SMILES string of the molecule is CC(C)Nc1cc(Nc2ccnc(-c3cnn(C(=O)C4CC4)c3)n2)ncc1C(=O)NCC#N. The van der Waals surface area contributed by atoms with Crippen LogP contribution in [0.1, 0.15) is 41.8 Å². The Bertz CT molecular complexity index is 1220. The van der Waals surface area contributed by atoms with Gasteiger partial charge in [-0.2, -0.15) is 10.4 Å². The minimum atomic E-state index is -0.388. The Labute approximate surface area is 190 Å². The maximum Gasteiger partial charge on any atom is 0.255 e. The van der Waals surface area contributed by atoms with E-state index in [0.29, 0.717) is 34.3 Å². The third kappa shape index (κ3) is 5.30. The van der Waals surface area contributed by atoms with Crippen LogP contribution in [-0.2, 0) is 0 Å².